The van der Waals surface area contributed by atoms with Gasteiger partial charge in [-0.3, -0.25) is 4.79 Å². The third-order valence-electron chi connectivity index (χ3n) is 2.37. The molecule has 86 valence electrons. The lowest BCUT2D eigenvalue weighted by Gasteiger charge is -2.33. The van der Waals surface area contributed by atoms with E-state index in [-0.39, 0.29) is 22.4 Å². The van der Waals surface area contributed by atoms with Gasteiger partial charge in [0.2, 0.25) is 11.2 Å². The minimum absolute atomic E-state index is 0.0116. The Morgan fingerprint density at radius 3 is 2.94 bits per heavy atom. The van der Waals surface area contributed by atoms with Crippen LogP contribution in [0.5, 0.6) is 0 Å². The number of nitrogens with one attached hydrogen (secondary N) is 1. The van der Waals surface area contributed by atoms with Crippen LogP contribution in [0.3, 0.4) is 0 Å². The molecular formula is C8H9Cl2N5O. The standard InChI is InChI=1S/C8H9Cl2N5O/c1-4-7(16)11-2-3-15(4)6-5(9)13-14-8(10)12-6/h4H,2-3H2,1H3,(H,11,16). The second-order valence-corrected chi connectivity index (χ2v) is 4.05. The lowest BCUT2D eigenvalue weighted by Crippen LogP contribution is -2.54. The molecule has 0 radical (unpaired) electrons. The van der Waals surface area contributed by atoms with Crippen LogP contribution in [-0.2, 0) is 4.79 Å². The first-order valence-electron chi connectivity index (χ1n) is 4.69. The van der Waals surface area contributed by atoms with Crippen molar-refractivity contribution >= 4 is 34.9 Å². The predicted molar refractivity (Wildman–Crippen MR) is 59.7 cm³/mol. The maximum Gasteiger partial charge on any atom is 0.245 e. The fourth-order valence-electron chi connectivity index (χ4n) is 1.54. The summed E-state index contributed by atoms with van der Waals surface area (Å²) in [7, 11) is 0. The third kappa shape index (κ3) is 2.03. The first-order valence-corrected chi connectivity index (χ1v) is 5.45. The summed E-state index contributed by atoms with van der Waals surface area (Å²) in [6.07, 6.45) is 0. The van der Waals surface area contributed by atoms with E-state index in [4.69, 9.17) is 23.2 Å². The van der Waals surface area contributed by atoms with Gasteiger partial charge < -0.3 is 10.2 Å². The molecule has 2 heterocycles. The molecule has 1 aromatic rings. The molecule has 1 aromatic heterocycles. The predicted octanol–water partition coefficient (Wildman–Crippen LogP) is 0.503. The second-order valence-electron chi connectivity index (χ2n) is 3.36. The summed E-state index contributed by atoms with van der Waals surface area (Å²) in [5, 5.41) is 10.1. The summed E-state index contributed by atoms with van der Waals surface area (Å²) in [4.78, 5) is 17.2. The molecule has 0 saturated carbocycles. The van der Waals surface area contributed by atoms with E-state index in [1.807, 2.05) is 0 Å². The number of halogens is 2. The maximum atomic E-state index is 11.5. The monoisotopic (exact) mass is 261 g/mol. The lowest BCUT2D eigenvalue weighted by atomic mass is 10.2. The normalized spacial score (nSPS) is 20.8. The molecule has 1 amide bonds. The zero-order valence-corrected chi connectivity index (χ0v) is 9.96. The van der Waals surface area contributed by atoms with Gasteiger partial charge in [-0.2, -0.15) is 4.98 Å². The van der Waals surface area contributed by atoms with Crippen LogP contribution in [0.15, 0.2) is 0 Å². The Hall–Kier alpha value is -1.14. The second kappa shape index (κ2) is 4.39. The number of rotatable bonds is 1. The highest BCUT2D eigenvalue weighted by atomic mass is 35.5. The Kier molecular flexibility index (Phi) is 3.11. The van der Waals surface area contributed by atoms with Crippen molar-refractivity contribution in [2.45, 2.75) is 13.0 Å². The van der Waals surface area contributed by atoms with Crippen molar-refractivity contribution in [2.75, 3.05) is 18.0 Å². The number of hydrogen-bond donors (Lipinski definition) is 1. The average Bonchev–Trinajstić information content (AvgIpc) is 2.26. The lowest BCUT2D eigenvalue weighted by molar-refractivity contribution is -0.122. The number of carbonyl (C=O) groups excluding carboxylic acids is 1. The van der Waals surface area contributed by atoms with Crippen LogP contribution in [0, 0.1) is 0 Å². The zero-order chi connectivity index (χ0) is 11.7. The molecular weight excluding hydrogens is 253 g/mol. The highest BCUT2D eigenvalue weighted by Gasteiger charge is 2.28. The summed E-state index contributed by atoms with van der Waals surface area (Å²) < 4.78 is 0. The van der Waals surface area contributed by atoms with E-state index < -0.39 is 0 Å². The molecule has 1 fully saturated rings. The number of piperazine rings is 1. The van der Waals surface area contributed by atoms with Gasteiger partial charge in [-0.05, 0) is 18.5 Å². The Labute approximate surface area is 102 Å². The molecule has 1 N–H and O–H groups in total. The largest absolute Gasteiger partial charge is 0.353 e. The summed E-state index contributed by atoms with van der Waals surface area (Å²) in [6, 6.07) is -0.348. The van der Waals surface area contributed by atoms with Crippen LogP contribution < -0.4 is 10.2 Å². The summed E-state index contributed by atoms with van der Waals surface area (Å²) in [6.45, 7) is 2.92. The first-order chi connectivity index (χ1) is 7.59. The Morgan fingerprint density at radius 1 is 1.44 bits per heavy atom. The van der Waals surface area contributed by atoms with E-state index in [1.54, 1.807) is 11.8 Å². The van der Waals surface area contributed by atoms with Crippen molar-refractivity contribution in [2.24, 2.45) is 0 Å². The topological polar surface area (TPSA) is 71.0 Å². The van der Waals surface area contributed by atoms with E-state index in [2.05, 4.69) is 20.5 Å². The molecule has 1 aliphatic heterocycles. The van der Waals surface area contributed by atoms with Gasteiger partial charge in [-0.1, -0.05) is 11.6 Å². The molecule has 8 heteroatoms. The zero-order valence-electron chi connectivity index (χ0n) is 8.44. The van der Waals surface area contributed by atoms with Crippen LogP contribution in [0.4, 0.5) is 5.82 Å². The molecule has 0 bridgehead atoms. The summed E-state index contributed by atoms with van der Waals surface area (Å²) >= 11 is 11.5. The quantitative estimate of drug-likeness (QED) is 0.798. The van der Waals surface area contributed by atoms with Crippen LogP contribution in [0.2, 0.25) is 10.4 Å². The molecule has 0 spiro atoms. The minimum atomic E-state index is -0.348. The van der Waals surface area contributed by atoms with Gasteiger partial charge in [0.15, 0.2) is 11.0 Å². The molecule has 0 aromatic carbocycles. The fourth-order valence-corrected chi connectivity index (χ4v) is 1.85. The van der Waals surface area contributed by atoms with Gasteiger partial charge in [0.1, 0.15) is 6.04 Å². The SMILES string of the molecule is CC1C(=O)NCCN1c1nc(Cl)nnc1Cl. The van der Waals surface area contributed by atoms with Gasteiger partial charge in [0.25, 0.3) is 0 Å². The van der Waals surface area contributed by atoms with E-state index in [0.717, 1.165) is 0 Å². The van der Waals surface area contributed by atoms with Gasteiger partial charge >= 0.3 is 0 Å². The minimum Gasteiger partial charge on any atom is -0.353 e. The third-order valence-corrected chi connectivity index (χ3v) is 2.78. The molecule has 1 atom stereocenters. The summed E-state index contributed by atoms with van der Waals surface area (Å²) in [5.74, 6) is 0.320. The van der Waals surface area contributed by atoms with E-state index >= 15 is 0 Å². The molecule has 1 unspecified atom stereocenters. The number of anilines is 1. The van der Waals surface area contributed by atoms with Gasteiger partial charge in [0.05, 0.1) is 0 Å². The molecule has 2 rings (SSSR count). The number of aromatic nitrogens is 3. The van der Waals surface area contributed by atoms with Crippen LogP contribution in [0.25, 0.3) is 0 Å². The molecule has 1 saturated heterocycles. The number of carbonyl (C=O) groups is 1. The number of hydrogen-bond acceptors (Lipinski definition) is 5. The van der Waals surface area contributed by atoms with E-state index in [9.17, 15) is 4.79 Å². The van der Waals surface area contributed by atoms with Crippen molar-refractivity contribution < 1.29 is 4.79 Å². The van der Waals surface area contributed by atoms with Gasteiger partial charge in [-0.25, -0.2) is 0 Å². The van der Waals surface area contributed by atoms with Crippen molar-refractivity contribution in [3.63, 3.8) is 0 Å². The number of nitrogens with zero attached hydrogens (tertiary/aromatic N) is 4. The molecule has 16 heavy (non-hydrogen) atoms. The average molecular weight is 262 g/mol. The Bertz CT molecular complexity index is 427. The van der Waals surface area contributed by atoms with Crippen molar-refractivity contribution in [3.05, 3.63) is 10.4 Å². The Balaban J connectivity index is 2.35. The van der Waals surface area contributed by atoms with Crippen LogP contribution in [-0.4, -0.2) is 40.2 Å². The fraction of sp³-hybridized carbons (Fsp3) is 0.500. The van der Waals surface area contributed by atoms with Crippen LogP contribution >= 0.6 is 23.2 Å². The summed E-state index contributed by atoms with van der Waals surface area (Å²) in [5.41, 5.74) is 0. The smallest absolute Gasteiger partial charge is 0.245 e. The van der Waals surface area contributed by atoms with E-state index in [1.165, 1.54) is 0 Å². The molecule has 1 aliphatic rings. The first kappa shape index (κ1) is 11.3. The van der Waals surface area contributed by atoms with Gasteiger partial charge in [-0.15, -0.1) is 10.2 Å². The highest BCUT2D eigenvalue weighted by Crippen LogP contribution is 2.24. The van der Waals surface area contributed by atoms with Gasteiger partial charge in [0, 0.05) is 13.1 Å². The van der Waals surface area contributed by atoms with E-state index in [0.29, 0.717) is 18.9 Å². The number of amides is 1. The van der Waals surface area contributed by atoms with Crippen LogP contribution in [0.1, 0.15) is 6.92 Å². The molecule has 0 aliphatic carbocycles. The molecule has 6 nitrogen and oxygen atoms in total. The maximum absolute atomic E-state index is 11.5. The van der Waals surface area contributed by atoms with Crippen molar-refractivity contribution in [3.8, 4) is 0 Å². The van der Waals surface area contributed by atoms with Crippen molar-refractivity contribution in [1.82, 2.24) is 20.5 Å². The van der Waals surface area contributed by atoms with Crippen molar-refractivity contribution in [1.29, 1.82) is 0 Å². The Morgan fingerprint density at radius 2 is 2.19 bits per heavy atom. The highest BCUT2D eigenvalue weighted by molar-refractivity contribution is 6.32.